The van der Waals surface area contributed by atoms with Crippen LogP contribution in [0.5, 0.6) is 0 Å². The van der Waals surface area contributed by atoms with Gasteiger partial charge in [0.15, 0.2) is 0 Å². The van der Waals surface area contributed by atoms with E-state index in [0.717, 1.165) is 18.7 Å². The van der Waals surface area contributed by atoms with Gasteiger partial charge in [0, 0.05) is 18.3 Å². The van der Waals surface area contributed by atoms with Gasteiger partial charge in [-0.15, -0.1) is 0 Å². The van der Waals surface area contributed by atoms with Crippen molar-refractivity contribution < 1.29 is 0 Å². The minimum Gasteiger partial charge on any atom is -0.399 e. The van der Waals surface area contributed by atoms with Crippen LogP contribution in [-0.4, -0.2) is 18.5 Å². The second-order valence-electron chi connectivity index (χ2n) is 5.06. The zero-order valence-corrected chi connectivity index (χ0v) is 11.7. The molecule has 0 fully saturated rings. The van der Waals surface area contributed by atoms with Crippen LogP contribution < -0.4 is 5.73 Å². The van der Waals surface area contributed by atoms with E-state index in [1.54, 1.807) is 0 Å². The van der Waals surface area contributed by atoms with Gasteiger partial charge in [-0.3, -0.25) is 4.90 Å². The van der Waals surface area contributed by atoms with Crippen molar-refractivity contribution in [2.45, 2.75) is 19.4 Å². The van der Waals surface area contributed by atoms with E-state index in [-0.39, 0.29) is 0 Å². The molecule has 0 saturated carbocycles. The Balaban J connectivity index is 1.92. The summed E-state index contributed by atoms with van der Waals surface area (Å²) in [7, 11) is 2.17. The van der Waals surface area contributed by atoms with Crippen molar-refractivity contribution in [3.05, 3.63) is 65.7 Å². The Bertz CT molecular complexity index is 490. The molecule has 2 N–H and O–H groups in total. The van der Waals surface area contributed by atoms with E-state index in [2.05, 4.69) is 61.3 Å². The van der Waals surface area contributed by atoms with Crippen LogP contribution in [-0.2, 0) is 6.42 Å². The molecule has 0 spiro atoms. The molecule has 0 aliphatic carbocycles. The summed E-state index contributed by atoms with van der Waals surface area (Å²) in [5.41, 5.74) is 9.24. The molecule has 0 radical (unpaired) electrons. The van der Waals surface area contributed by atoms with Crippen LogP contribution in [0.25, 0.3) is 0 Å². The average Bonchev–Trinajstić information content (AvgIpc) is 2.46. The lowest BCUT2D eigenvalue weighted by molar-refractivity contribution is 0.265. The van der Waals surface area contributed by atoms with Gasteiger partial charge in [-0.05, 0) is 43.7 Å². The number of anilines is 1. The van der Waals surface area contributed by atoms with Crippen LogP contribution in [0.2, 0.25) is 0 Å². The van der Waals surface area contributed by atoms with Crippen molar-refractivity contribution in [3.8, 4) is 0 Å². The van der Waals surface area contributed by atoms with E-state index in [4.69, 9.17) is 5.73 Å². The predicted octanol–water partition coefficient (Wildman–Crippen LogP) is 3.50. The molecule has 2 aromatic rings. The molecule has 0 heterocycles. The van der Waals surface area contributed by atoms with Crippen LogP contribution in [0, 0.1) is 0 Å². The third-order valence-electron chi connectivity index (χ3n) is 3.68. The highest BCUT2D eigenvalue weighted by molar-refractivity contribution is 5.40. The quantitative estimate of drug-likeness (QED) is 0.827. The van der Waals surface area contributed by atoms with Crippen LogP contribution in [0.15, 0.2) is 54.6 Å². The Morgan fingerprint density at radius 1 is 1.00 bits per heavy atom. The summed E-state index contributed by atoms with van der Waals surface area (Å²) in [5, 5.41) is 0. The minimum atomic E-state index is 0.407. The molecule has 0 amide bonds. The van der Waals surface area contributed by atoms with E-state index in [1.165, 1.54) is 11.1 Å². The highest BCUT2D eigenvalue weighted by Crippen LogP contribution is 2.20. The molecule has 19 heavy (non-hydrogen) atoms. The Labute approximate surface area is 115 Å². The number of rotatable bonds is 5. The topological polar surface area (TPSA) is 29.3 Å². The first-order valence-corrected chi connectivity index (χ1v) is 6.76. The molecule has 2 aromatic carbocycles. The molecular weight excluding hydrogens is 232 g/mol. The second kappa shape index (κ2) is 6.39. The number of likely N-dealkylation sites (N-methyl/N-ethyl adjacent to an activating group) is 1. The molecule has 1 unspecified atom stereocenters. The summed E-state index contributed by atoms with van der Waals surface area (Å²) in [6, 6.07) is 19.2. The maximum Gasteiger partial charge on any atom is 0.0316 e. The Morgan fingerprint density at radius 3 is 2.26 bits per heavy atom. The van der Waals surface area contributed by atoms with E-state index >= 15 is 0 Å². The summed E-state index contributed by atoms with van der Waals surface area (Å²) in [4.78, 5) is 2.37. The molecule has 0 saturated heterocycles. The molecule has 0 aromatic heterocycles. The SMILES string of the molecule is CC(c1ccc(N)cc1)N(C)CCc1ccccc1. The van der Waals surface area contributed by atoms with Gasteiger partial charge in [-0.2, -0.15) is 0 Å². The standard InChI is InChI=1S/C17H22N2/c1-14(16-8-10-17(18)11-9-16)19(2)13-12-15-6-4-3-5-7-15/h3-11,14H,12-13,18H2,1-2H3. The lowest BCUT2D eigenvalue weighted by Gasteiger charge is -2.25. The third-order valence-corrected chi connectivity index (χ3v) is 3.68. The van der Waals surface area contributed by atoms with E-state index in [9.17, 15) is 0 Å². The number of hydrogen-bond acceptors (Lipinski definition) is 2. The second-order valence-corrected chi connectivity index (χ2v) is 5.06. The van der Waals surface area contributed by atoms with Crippen molar-refractivity contribution in [1.82, 2.24) is 4.90 Å². The number of benzene rings is 2. The molecule has 2 rings (SSSR count). The van der Waals surface area contributed by atoms with Crippen molar-refractivity contribution in [3.63, 3.8) is 0 Å². The molecule has 2 nitrogen and oxygen atoms in total. The van der Waals surface area contributed by atoms with Crippen molar-refractivity contribution in [2.24, 2.45) is 0 Å². The molecule has 0 bridgehead atoms. The van der Waals surface area contributed by atoms with Gasteiger partial charge < -0.3 is 5.73 Å². The van der Waals surface area contributed by atoms with Crippen LogP contribution >= 0.6 is 0 Å². The highest BCUT2D eigenvalue weighted by atomic mass is 15.1. The Morgan fingerprint density at radius 2 is 1.63 bits per heavy atom. The first-order chi connectivity index (χ1) is 9.16. The summed E-state index contributed by atoms with van der Waals surface area (Å²) in [5.74, 6) is 0. The van der Waals surface area contributed by atoms with Gasteiger partial charge in [0.2, 0.25) is 0 Å². The van der Waals surface area contributed by atoms with Gasteiger partial charge >= 0.3 is 0 Å². The average molecular weight is 254 g/mol. The normalized spacial score (nSPS) is 12.6. The van der Waals surface area contributed by atoms with E-state index < -0.39 is 0 Å². The van der Waals surface area contributed by atoms with Gasteiger partial charge in [0.25, 0.3) is 0 Å². The summed E-state index contributed by atoms with van der Waals surface area (Å²) in [6.07, 6.45) is 1.08. The molecule has 0 aliphatic rings. The van der Waals surface area contributed by atoms with Crippen LogP contribution in [0.1, 0.15) is 24.1 Å². The number of nitrogens with two attached hydrogens (primary N) is 1. The smallest absolute Gasteiger partial charge is 0.0316 e. The number of nitrogens with zero attached hydrogens (tertiary/aromatic N) is 1. The lowest BCUT2D eigenvalue weighted by atomic mass is 10.1. The van der Waals surface area contributed by atoms with Crippen LogP contribution in [0.3, 0.4) is 0 Å². The summed E-state index contributed by atoms with van der Waals surface area (Å²) in [6.45, 7) is 3.28. The van der Waals surface area contributed by atoms with Crippen molar-refractivity contribution in [1.29, 1.82) is 0 Å². The molecular formula is C17H22N2. The Hall–Kier alpha value is -1.80. The predicted molar refractivity (Wildman–Crippen MR) is 82.0 cm³/mol. The first kappa shape index (κ1) is 13.6. The molecule has 100 valence electrons. The zero-order valence-electron chi connectivity index (χ0n) is 11.7. The highest BCUT2D eigenvalue weighted by Gasteiger charge is 2.11. The monoisotopic (exact) mass is 254 g/mol. The fourth-order valence-electron chi connectivity index (χ4n) is 2.17. The van der Waals surface area contributed by atoms with E-state index in [1.807, 2.05) is 12.1 Å². The summed E-state index contributed by atoms with van der Waals surface area (Å²) >= 11 is 0. The molecule has 2 heteroatoms. The minimum absolute atomic E-state index is 0.407. The van der Waals surface area contributed by atoms with E-state index in [0.29, 0.717) is 6.04 Å². The fourth-order valence-corrected chi connectivity index (χ4v) is 2.17. The van der Waals surface area contributed by atoms with Gasteiger partial charge in [-0.1, -0.05) is 42.5 Å². The van der Waals surface area contributed by atoms with Gasteiger partial charge in [0.05, 0.1) is 0 Å². The third kappa shape index (κ3) is 3.83. The fraction of sp³-hybridized carbons (Fsp3) is 0.294. The van der Waals surface area contributed by atoms with Crippen molar-refractivity contribution >= 4 is 5.69 Å². The number of hydrogen-bond donors (Lipinski definition) is 1. The van der Waals surface area contributed by atoms with Crippen molar-refractivity contribution in [2.75, 3.05) is 19.3 Å². The largest absolute Gasteiger partial charge is 0.399 e. The lowest BCUT2D eigenvalue weighted by Crippen LogP contribution is -2.24. The maximum atomic E-state index is 5.72. The number of nitrogen functional groups attached to an aromatic ring is 1. The molecule has 0 aliphatic heterocycles. The zero-order chi connectivity index (χ0) is 13.7. The Kier molecular flexibility index (Phi) is 4.58. The first-order valence-electron chi connectivity index (χ1n) is 6.76. The maximum absolute atomic E-state index is 5.72. The van der Waals surface area contributed by atoms with Crippen LogP contribution in [0.4, 0.5) is 5.69 Å². The van der Waals surface area contributed by atoms with Gasteiger partial charge in [-0.25, -0.2) is 0 Å². The molecule has 1 atom stereocenters. The van der Waals surface area contributed by atoms with Gasteiger partial charge in [0.1, 0.15) is 0 Å². The summed E-state index contributed by atoms with van der Waals surface area (Å²) < 4.78 is 0.